The molecule has 0 radical (unpaired) electrons. The number of rotatable bonds is 3. The number of benzene rings is 1. The molecule has 0 aliphatic heterocycles. The summed E-state index contributed by atoms with van der Waals surface area (Å²) < 4.78 is 14.0. The SMILES string of the molecule is Cc1cccc(C2(CC(=O)O)CCC2)c1F. The molecule has 2 rings (SSSR count). The van der Waals surface area contributed by atoms with Gasteiger partial charge in [-0.05, 0) is 30.9 Å². The van der Waals surface area contributed by atoms with Gasteiger partial charge in [0.15, 0.2) is 0 Å². The molecule has 0 amide bonds. The van der Waals surface area contributed by atoms with Gasteiger partial charge in [-0.25, -0.2) is 4.39 Å². The van der Waals surface area contributed by atoms with Crippen molar-refractivity contribution in [1.82, 2.24) is 0 Å². The summed E-state index contributed by atoms with van der Waals surface area (Å²) in [6.45, 7) is 1.71. The lowest BCUT2D eigenvalue weighted by atomic mass is 9.62. The van der Waals surface area contributed by atoms with Crippen molar-refractivity contribution in [2.24, 2.45) is 0 Å². The van der Waals surface area contributed by atoms with Gasteiger partial charge in [-0.2, -0.15) is 0 Å². The Morgan fingerprint density at radius 1 is 1.50 bits per heavy atom. The highest BCUT2D eigenvalue weighted by Gasteiger charge is 2.42. The third-order valence-electron chi connectivity index (χ3n) is 3.56. The Hall–Kier alpha value is -1.38. The van der Waals surface area contributed by atoms with Gasteiger partial charge < -0.3 is 5.11 Å². The lowest BCUT2D eigenvalue weighted by Crippen LogP contribution is -2.37. The van der Waals surface area contributed by atoms with Crippen LogP contribution in [0.1, 0.15) is 36.8 Å². The third kappa shape index (κ3) is 1.70. The second-order valence-electron chi connectivity index (χ2n) is 4.64. The highest BCUT2D eigenvalue weighted by Crippen LogP contribution is 2.47. The van der Waals surface area contributed by atoms with Crippen molar-refractivity contribution in [3.63, 3.8) is 0 Å². The van der Waals surface area contributed by atoms with E-state index in [0.717, 1.165) is 19.3 Å². The molecule has 0 atom stereocenters. The maximum Gasteiger partial charge on any atom is 0.304 e. The first-order valence-corrected chi connectivity index (χ1v) is 5.52. The van der Waals surface area contributed by atoms with Crippen LogP contribution in [0.5, 0.6) is 0 Å². The maximum absolute atomic E-state index is 14.0. The van der Waals surface area contributed by atoms with E-state index in [-0.39, 0.29) is 12.2 Å². The monoisotopic (exact) mass is 222 g/mol. The Balaban J connectivity index is 2.40. The molecule has 1 saturated carbocycles. The first-order valence-electron chi connectivity index (χ1n) is 5.52. The molecular weight excluding hydrogens is 207 g/mol. The molecule has 1 aromatic rings. The molecule has 0 bridgehead atoms. The Morgan fingerprint density at radius 3 is 2.69 bits per heavy atom. The molecule has 1 aliphatic carbocycles. The molecule has 16 heavy (non-hydrogen) atoms. The van der Waals surface area contributed by atoms with Crippen LogP contribution < -0.4 is 0 Å². The van der Waals surface area contributed by atoms with Gasteiger partial charge in [-0.1, -0.05) is 24.6 Å². The number of carboxylic acid groups (broad SMARTS) is 1. The maximum atomic E-state index is 14.0. The summed E-state index contributed by atoms with van der Waals surface area (Å²) in [6, 6.07) is 5.24. The third-order valence-corrected chi connectivity index (χ3v) is 3.56. The molecule has 0 unspecified atom stereocenters. The summed E-state index contributed by atoms with van der Waals surface area (Å²) in [4.78, 5) is 10.9. The van der Waals surface area contributed by atoms with Gasteiger partial charge in [0.2, 0.25) is 0 Å². The van der Waals surface area contributed by atoms with Crippen LogP contribution in [0.15, 0.2) is 18.2 Å². The van der Waals surface area contributed by atoms with Crippen molar-refractivity contribution in [2.75, 3.05) is 0 Å². The zero-order chi connectivity index (χ0) is 11.8. The van der Waals surface area contributed by atoms with Crippen LogP contribution in [-0.2, 0) is 10.2 Å². The van der Waals surface area contributed by atoms with Gasteiger partial charge in [-0.3, -0.25) is 4.79 Å². The molecule has 1 N–H and O–H groups in total. The van der Waals surface area contributed by atoms with Gasteiger partial charge in [0, 0.05) is 5.41 Å². The normalized spacial score (nSPS) is 17.9. The predicted octanol–water partition coefficient (Wildman–Crippen LogP) is 3.03. The van der Waals surface area contributed by atoms with Crippen molar-refractivity contribution in [3.8, 4) is 0 Å². The second kappa shape index (κ2) is 3.89. The van der Waals surface area contributed by atoms with Crippen molar-refractivity contribution in [2.45, 2.75) is 38.0 Å². The number of halogens is 1. The smallest absolute Gasteiger partial charge is 0.304 e. The number of aryl methyl sites for hydroxylation is 1. The average molecular weight is 222 g/mol. The highest BCUT2D eigenvalue weighted by atomic mass is 19.1. The molecule has 86 valence electrons. The second-order valence-corrected chi connectivity index (χ2v) is 4.64. The molecule has 2 nitrogen and oxygen atoms in total. The van der Waals surface area contributed by atoms with Crippen LogP contribution in [0.25, 0.3) is 0 Å². The zero-order valence-electron chi connectivity index (χ0n) is 9.29. The van der Waals surface area contributed by atoms with E-state index in [9.17, 15) is 9.18 Å². The van der Waals surface area contributed by atoms with Crippen LogP contribution in [0.4, 0.5) is 4.39 Å². The lowest BCUT2D eigenvalue weighted by Gasteiger charge is -2.41. The highest BCUT2D eigenvalue weighted by molar-refractivity contribution is 5.69. The molecular formula is C13H15FO2. The van der Waals surface area contributed by atoms with E-state index in [4.69, 9.17) is 5.11 Å². The minimum atomic E-state index is -0.847. The summed E-state index contributed by atoms with van der Waals surface area (Å²) >= 11 is 0. The summed E-state index contributed by atoms with van der Waals surface area (Å²) in [7, 11) is 0. The molecule has 1 fully saturated rings. The van der Waals surface area contributed by atoms with E-state index in [1.807, 2.05) is 0 Å². The molecule has 0 saturated heterocycles. The number of carboxylic acids is 1. The van der Waals surface area contributed by atoms with Gasteiger partial charge in [0.05, 0.1) is 6.42 Å². The average Bonchev–Trinajstić information content (AvgIpc) is 2.16. The Labute approximate surface area is 94.1 Å². The largest absolute Gasteiger partial charge is 0.481 e. The molecule has 1 aromatic carbocycles. The van der Waals surface area contributed by atoms with Crippen molar-refractivity contribution >= 4 is 5.97 Å². The fraction of sp³-hybridized carbons (Fsp3) is 0.462. The summed E-state index contributed by atoms with van der Waals surface area (Å²) in [5.74, 6) is -1.08. The first-order chi connectivity index (χ1) is 7.55. The standard InChI is InChI=1S/C13H15FO2/c1-9-4-2-5-10(12(9)14)13(6-3-7-13)8-11(15)16/h2,4-5H,3,6-8H2,1H3,(H,15,16). The van der Waals surface area contributed by atoms with E-state index < -0.39 is 11.4 Å². The van der Waals surface area contributed by atoms with Crippen LogP contribution in [0.3, 0.4) is 0 Å². The molecule has 3 heteroatoms. The van der Waals surface area contributed by atoms with Crippen LogP contribution >= 0.6 is 0 Å². The van der Waals surface area contributed by atoms with Gasteiger partial charge in [0.25, 0.3) is 0 Å². The Kier molecular flexibility index (Phi) is 2.70. The van der Waals surface area contributed by atoms with Crippen LogP contribution in [-0.4, -0.2) is 11.1 Å². The van der Waals surface area contributed by atoms with Gasteiger partial charge >= 0.3 is 5.97 Å². The van der Waals surface area contributed by atoms with Gasteiger partial charge in [-0.15, -0.1) is 0 Å². The minimum absolute atomic E-state index is 0.0351. The topological polar surface area (TPSA) is 37.3 Å². The molecule has 0 spiro atoms. The number of hydrogen-bond acceptors (Lipinski definition) is 1. The van der Waals surface area contributed by atoms with E-state index in [0.29, 0.717) is 11.1 Å². The van der Waals surface area contributed by atoms with E-state index in [2.05, 4.69) is 0 Å². The fourth-order valence-electron chi connectivity index (χ4n) is 2.49. The number of aliphatic carboxylic acids is 1. The Morgan fingerprint density at radius 2 is 2.19 bits per heavy atom. The minimum Gasteiger partial charge on any atom is -0.481 e. The lowest BCUT2D eigenvalue weighted by molar-refractivity contribution is -0.139. The van der Waals surface area contributed by atoms with E-state index in [1.54, 1.807) is 25.1 Å². The summed E-state index contributed by atoms with van der Waals surface area (Å²) in [6.07, 6.45) is 2.58. The summed E-state index contributed by atoms with van der Waals surface area (Å²) in [5.41, 5.74) is 0.720. The van der Waals surface area contributed by atoms with E-state index in [1.165, 1.54) is 0 Å². The van der Waals surface area contributed by atoms with Gasteiger partial charge in [0.1, 0.15) is 5.82 Å². The Bertz CT molecular complexity index is 422. The fourth-order valence-corrected chi connectivity index (χ4v) is 2.49. The van der Waals surface area contributed by atoms with Crippen LogP contribution in [0.2, 0.25) is 0 Å². The van der Waals surface area contributed by atoms with Crippen molar-refractivity contribution in [3.05, 3.63) is 35.1 Å². The summed E-state index contributed by atoms with van der Waals surface area (Å²) in [5, 5.41) is 8.91. The molecule has 0 heterocycles. The zero-order valence-corrected chi connectivity index (χ0v) is 9.29. The number of hydrogen-bond donors (Lipinski definition) is 1. The molecule has 1 aliphatic rings. The van der Waals surface area contributed by atoms with Crippen LogP contribution in [0, 0.1) is 12.7 Å². The molecule has 0 aromatic heterocycles. The van der Waals surface area contributed by atoms with Crippen molar-refractivity contribution in [1.29, 1.82) is 0 Å². The van der Waals surface area contributed by atoms with Crippen molar-refractivity contribution < 1.29 is 14.3 Å². The predicted molar refractivity (Wildman–Crippen MR) is 58.9 cm³/mol. The van der Waals surface area contributed by atoms with E-state index >= 15 is 0 Å². The first kappa shape index (κ1) is 11.1. The quantitative estimate of drug-likeness (QED) is 0.853. The number of carbonyl (C=O) groups is 1.